The van der Waals surface area contributed by atoms with Crippen LogP contribution in [0.5, 0.6) is 0 Å². The van der Waals surface area contributed by atoms with E-state index in [1.165, 1.54) is 0 Å². The van der Waals surface area contributed by atoms with E-state index >= 15 is 0 Å². The number of carbonyl (C=O) groups is 1. The zero-order chi connectivity index (χ0) is 15.5. The van der Waals surface area contributed by atoms with Gasteiger partial charge >= 0.3 is 0 Å². The lowest BCUT2D eigenvalue weighted by molar-refractivity contribution is 0.0524. The molecule has 0 spiro atoms. The van der Waals surface area contributed by atoms with E-state index < -0.39 is 5.60 Å². The molecule has 0 aromatic carbocycles. The molecule has 3 N–H and O–H groups in total. The summed E-state index contributed by atoms with van der Waals surface area (Å²) < 4.78 is 1.61. The highest BCUT2D eigenvalue weighted by atomic mass is 16.3. The maximum atomic E-state index is 12.0. The fourth-order valence-electron chi connectivity index (χ4n) is 2.02. The van der Waals surface area contributed by atoms with Crippen molar-refractivity contribution >= 4 is 5.91 Å². The predicted octanol–water partition coefficient (Wildman–Crippen LogP) is 0.733. The monoisotopic (exact) mass is 291 g/mol. The first-order valence-electron chi connectivity index (χ1n) is 6.96. The van der Waals surface area contributed by atoms with Crippen molar-refractivity contribution in [1.29, 1.82) is 0 Å². The molecule has 0 bridgehead atoms. The van der Waals surface area contributed by atoms with Crippen molar-refractivity contribution in [3.8, 4) is 0 Å². The van der Waals surface area contributed by atoms with E-state index in [1.807, 2.05) is 0 Å². The van der Waals surface area contributed by atoms with Crippen LogP contribution in [-0.4, -0.2) is 37.5 Å². The number of aromatic amines is 1. The molecule has 0 saturated carbocycles. The minimum Gasteiger partial charge on any atom is -0.383 e. The number of aliphatic hydroxyl groups is 1. The summed E-state index contributed by atoms with van der Waals surface area (Å²) in [5.41, 5.74) is 0.744. The number of aryl methyl sites for hydroxylation is 2. The van der Waals surface area contributed by atoms with Gasteiger partial charge in [-0.15, -0.1) is 0 Å². The van der Waals surface area contributed by atoms with Gasteiger partial charge in [-0.2, -0.15) is 10.2 Å². The predicted molar refractivity (Wildman–Crippen MR) is 77.7 cm³/mol. The molecule has 0 fully saturated rings. The molecule has 2 aromatic heterocycles. The van der Waals surface area contributed by atoms with Crippen LogP contribution in [0, 0.1) is 0 Å². The molecule has 0 aliphatic rings. The van der Waals surface area contributed by atoms with Gasteiger partial charge in [0, 0.05) is 24.5 Å². The third-order valence-electron chi connectivity index (χ3n) is 3.30. The van der Waals surface area contributed by atoms with Gasteiger partial charge in [-0.1, -0.05) is 13.3 Å². The standard InChI is InChI=1S/C14H21N5O2/c1-4-5-11-6-12(18-17-11)13(20)15-9-14(2,21)10-7-16-19(3)8-10/h6-8,21H,4-5,9H2,1-3H3,(H,15,20)(H,17,18)/t14-/m0/s1. The zero-order valence-electron chi connectivity index (χ0n) is 12.6. The Labute approximate surface area is 123 Å². The van der Waals surface area contributed by atoms with Gasteiger partial charge < -0.3 is 10.4 Å². The van der Waals surface area contributed by atoms with Crippen LogP contribution in [0.1, 0.15) is 42.0 Å². The van der Waals surface area contributed by atoms with Crippen LogP contribution in [0.25, 0.3) is 0 Å². The summed E-state index contributed by atoms with van der Waals surface area (Å²) in [5, 5.41) is 23.9. The lowest BCUT2D eigenvalue weighted by Gasteiger charge is -2.21. The summed E-state index contributed by atoms with van der Waals surface area (Å²) in [5.74, 6) is -0.308. The molecule has 0 unspecified atom stereocenters. The van der Waals surface area contributed by atoms with Crippen molar-refractivity contribution in [3.63, 3.8) is 0 Å². The fourth-order valence-corrected chi connectivity index (χ4v) is 2.02. The van der Waals surface area contributed by atoms with Gasteiger partial charge in [-0.05, 0) is 19.4 Å². The van der Waals surface area contributed by atoms with Crippen molar-refractivity contribution in [2.24, 2.45) is 7.05 Å². The number of hydrogen-bond acceptors (Lipinski definition) is 4. The summed E-state index contributed by atoms with van der Waals surface area (Å²) in [7, 11) is 1.77. The lowest BCUT2D eigenvalue weighted by atomic mass is 10.00. The number of nitrogens with zero attached hydrogens (tertiary/aromatic N) is 3. The Balaban J connectivity index is 1.96. The van der Waals surface area contributed by atoms with Gasteiger partial charge in [0.25, 0.3) is 5.91 Å². The Kier molecular flexibility index (Phi) is 4.42. The Morgan fingerprint density at radius 1 is 1.57 bits per heavy atom. The average Bonchev–Trinajstić information content (AvgIpc) is 3.06. The number of amides is 1. The summed E-state index contributed by atoms with van der Waals surface area (Å²) in [4.78, 5) is 12.0. The van der Waals surface area contributed by atoms with Crippen molar-refractivity contribution < 1.29 is 9.90 Å². The van der Waals surface area contributed by atoms with Gasteiger partial charge in [0.1, 0.15) is 11.3 Å². The molecule has 1 amide bonds. The maximum Gasteiger partial charge on any atom is 0.271 e. The van der Waals surface area contributed by atoms with Gasteiger partial charge in [0.2, 0.25) is 0 Å². The number of rotatable bonds is 6. The molecule has 0 radical (unpaired) electrons. The van der Waals surface area contributed by atoms with Crippen molar-refractivity contribution in [2.45, 2.75) is 32.3 Å². The van der Waals surface area contributed by atoms with Crippen LogP contribution in [0.3, 0.4) is 0 Å². The van der Waals surface area contributed by atoms with Crippen molar-refractivity contribution in [2.75, 3.05) is 6.54 Å². The molecule has 0 aliphatic carbocycles. The molecule has 2 heterocycles. The minimum atomic E-state index is -1.17. The maximum absolute atomic E-state index is 12.0. The summed E-state index contributed by atoms with van der Waals surface area (Å²) in [6.07, 6.45) is 5.15. The number of aromatic nitrogens is 4. The SMILES string of the molecule is CCCc1cc(C(=O)NC[C@](C)(O)c2cnn(C)c2)n[nH]1. The van der Waals surface area contributed by atoms with Gasteiger partial charge in [-0.3, -0.25) is 14.6 Å². The highest BCUT2D eigenvalue weighted by Crippen LogP contribution is 2.18. The van der Waals surface area contributed by atoms with E-state index in [0.717, 1.165) is 18.5 Å². The van der Waals surface area contributed by atoms with E-state index in [9.17, 15) is 9.90 Å². The zero-order valence-corrected chi connectivity index (χ0v) is 12.6. The summed E-state index contributed by atoms with van der Waals surface area (Å²) >= 11 is 0. The molecule has 0 saturated heterocycles. The topological polar surface area (TPSA) is 95.8 Å². The second-order valence-corrected chi connectivity index (χ2v) is 5.39. The third kappa shape index (κ3) is 3.69. The second-order valence-electron chi connectivity index (χ2n) is 5.39. The van der Waals surface area contributed by atoms with Crippen LogP contribution in [-0.2, 0) is 19.1 Å². The minimum absolute atomic E-state index is 0.0908. The average molecular weight is 291 g/mol. The summed E-state index contributed by atoms with van der Waals surface area (Å²) in [6.45, 7) is 3.79. The molecular formula is C14H21N5O2. The molecule has 2 rings (SSSR count). The number of carbonyl (C=O) groups excluding carboxylic acids is 1. The highest BCUT2D eigenvalue weighted by molar-refractivity contribution is 5.92. The summed E-state index contributed by atoms with van der Waals surface area (Å²) in [6, 6.07) is 1.73. The third-order valence-corrected chi connectivity index (χ3v) is 3.30. The highest BCUT2D eigenvalue weighted by Gasteiger charge is 2.26. The first kappa shape index (κ1) is 15.2. The molecule has 7 nitrogen and oxygen atoms in total. The van der Waals surface area contributed by atoms with Crippen LogP contribution in [0.2, 0.25) is 0 Å². The Hall–Kier alpha value is -2.15. The largest absolute Gasteiger partial charge is 0.383 e. The van der Waals surface area contributed by atoms with E-state index in [-0.39, 0.29) is 12.5 Å². The normalized spacial score (nSPS) is 13.9. The Bertz CT molecular complexity index is 614. The first-order valence-corrected chi connectivity index (χ1v) is 6.96. The molecule has 7 heteroatoms. The number of nitrogens with one attached hydrogen (secondary N) is 2. The van der Waals surface area contributed by atoms with Gasteiger partial charge in [0.15, 0.2) is 0 Å². The fraction of sp³-hybridized carbons (Fsp3) is 0.500. The second kappa shape index (κ2) is 6.09. The van der Waals surface area contributed by atoms with Crippen LogP contribution in [0.4, 0.5) is 0 Å². The van der Waals surface area contributed by atoms with Crippen LogP contribution < -0.4 is 5.32 Å². The van der Waals surface area contributed by atoms with Crippen molar-refractivity contribution in [3.05, 3.63) is 35.4 Å². The first-order chi connectivity index (χ1) is 9.92. The Morgan fingerprint density at radius 2 is 2.33 bits per heavy atom. The van der Waals surface area contributed by atoms with Gasteiger partial charge in [-0.25, -0.2) is 0 Å². The molecule has 114 valence electrons. The van der Waals surface area contributed by atoms with E-state index in [1.54, 1.807) is 37.1 Å². The van der Waals surface area contributed by atoms with Crippen LogP contribution in [0.15, 0.2) is 18.5 Å². The molecule has 2 aromatic rings. The van der Waals surface area contributed by atoms with Crippen molar-refractivity contribution in [1.82, 2.24) is 25.3 Å². The van der Waals surface area contributed by atoms with E-state index in [2.05, 4.69) is 27.5 Å². The lowest BCUT2D eigenvalue weighted by Crippen LogP contribution is -2.38. The molecule has 21 heavy (non-hydrogen) atoms. The van der Waals surface area contributed by atoms with E-state index in [4.69, 9.17) is 0 Å². The number of hydrogen-bond donors (Lipinski definition) is 3. The van der Waals surface area contributed by atoms with Crippen LogP contribution >= 0.6 is 0 Å². The van der Waals surface area contributed by atoms with Gasteiger partial charge in [0.05, 0.1) is 12.7 Å². The molecule has 1 atom stereocenters. The smallest absolute Gasteiger partial charge is 0.271 e. The number of H-pyrrole nitrogens is 1. The quantitative estimate of drug-likeness (QED) is 0.731. The van der Waals surface area contributed by atoms with E-state index in [0.29, 0.717) is 11.3 Å². The molecule has 0 aliphatic heterocycles. The Morgan fingerprint density at radius 3 is 2.95 bits per heavy atom. The molecular weight excluding hydrogens is 270 g/mol.